The summed E-state index contributed by atoms with van der Waals surface area (Å²) in [6.07, 6.45) is -1.60. The Balaban J connectivity index is 1.90. The fourth-order valence-electron chi connectivity index (χ4n) is 3.68. The van der Waals surface area contributed by atoms with Gasteiger partial charge >= 0.3 is 6.18 Å². The van der Waals surface area contributed by atoms with Crippen LogP contribution in [-0.2, 0) is 22.3 Å². The molecule has 1 aromatic heterocycles. The minimum atomic E-state index is -4.40. The van der Waals surface area contributed by atoms with E-state index < -0.39 is 17.5 Å². The predicted octanol–water partition coefficient (Wildman–Crippen LogP) is 4.02. The van der Waals surface area contributed by atoms with Gasteiger partial charge in [-0.05, 0) is 31.5 Å². The lowest BCUT2D eigenvalue weighted by Crippen LogP contribution is -2.48. The molecule has 0 aliphatic carbocycles. The predicted molar refractivity (Wildman–Crippen MR) is 106 cm³/mol. The van der Waals surface area contributed by atoms with Gasteiger partial charge in [0, 0.05) is 50.9 Å². The van der Waals surface area contributed by atoms with Crippen LogP contribution in [0.3, 0.4) is 0 Å². The van der Waals surface area contributed by atoms with Gasteiger partial charge < -0.3 is 19.5 Å². The molecule has 1 aliphatic rings. The number of benzene rings is 1. The summed E-state index contributed by atoms with van der Waals surface area (Å²) < 4.78 is 50.5. The van der Waals surface area contributed by atoms with Gasteiger partial charge in [-0.15, -0.1) is 0 Å². The summed E-state index contributed by atoms with van der Waals surface area (Å²) in [6.45, 7) is 5.79. The Labute approximate surface area is 173 Å². The smallest absolute Gasteiger partial charge is 0.388 e. The van der Waals surface area contributed by atoms with E-state index in [1.807, 2.05) is 18.7 Å². The van der Waals surface area contributed by atoms with E-state index in [9.17, 15) is 18.3 Å². The molecule has 164 valence electrons. The Morgan fingerprint density at radius 2 is 1.67 bits per heavy atom. The molecule has 1 aromatic carbocycles. The van der Waals surface area contributed by atoms with Crippen molar-refractivity contribution in [3.05, 3.63) is 41.9 Å². The quantitative estimate of drug-likeness (QED) is 0.676. The summed E-state index contributed by atoms with van der Waals surface area (Å²) in [7, 11) is 0. The van der Waals surface area contributed by atoms with Crippen LogP contribution in [0.4, 0.5) is 19.0 Å². The largest absolute Gasteiger partial charge is 0.416 e. The molecule has 2 aromatic rings. The van der Waals surface area contributed by atoms with Crippen LogP contribution in [0.2, 0.25) is 0 Å². The molecular formula is C21H26F3N3O3. The normalized spacial score (nSPS) is 16.7. The third kappa shape index (κ3) is 4.91. The number of alkyl halides is 3. The second kappa shape index (κ2) is 9.28. The van der Waals surface area contributed by atoms with E-state index >= 15 is 0 Å². The standard InChI is InChI=1S/C21H26F3N3O3/c1-3-29-20(30-4-2)9-11-27(12-10-20)19-17(13-25-18(14-28)26-19)15-5-7-16(8-6-15)21(22,23)24/h5-8,13,28H,3-4,9-12,14H2,1-2H3. The topological polar surface area (TPSA) is 67.7 Å². The van der Waals surface area contributed by atoms with Crippen LogP contribution in [0, 0.1) is 0 Å². The van der Waals surface area contributed by atoms with E-state index in [1.165, 1.54) is 12.1 Å². The first kappa shape index (κ1) is 22.5. The molecule has 2 heterocycles. The van der Waals surface area contributed by atoms with Crippen molar-refractivity contribution < 1.29 is 27.8 Å². The fraction of sp³-hybridized carbons (Fsp3) is 0.524. The van der Waals surface area contributed by atoms with Crippen molar-refractivity contribution in [3.8, 4) is 11.1 Å². The van der Waals surface area contributed by atoms with Crippen LogP contribution in [0.15, 0.2) is 30.5 Å². The van der Waals surface area contributed by atoms with E-state index in [2.05, 4.69) is 9.97 Å². The Morgan fingerprint density at radius 1 is 1.07 bits per heavy atom. The maximum atomic E-state index is 12.9. The number of piperidine rings is 1. The molecule has 1 fully saturated rings. The maximum Gasteiger partial charge on any atom is 0.416 e. The highest BCUT2D eigenvalue weighted by molar-refractivity contribution is 5.75. The van der Waals surface area contributed by atoms with Gasteiger partial charge in [0.25, 0.3) is 0 Å². The molecule has 1 aliphatic heterocycles. The summed E-state index contributed by atoms with van der Waals surface area (Å²) in [5, 5.41) is 9.46. The monoisotopic (exact) mass is 425 g/mol. The van der Waals surface area contributed by atoms with Crippen molar-refractivity contribution in [1.82, 2.24) is 9.97 Å². The molecule has 1 N–H and O–H groups in total. The highest BCUT2D eigenvalue weighted by atomic mass is 19.4. The molecule has 0 spiro atoms. The average Bonchev–Trinajstić information content (AvgIpc) is 2.74. The minimum Gasteiger partial charge on any atom is -0.388 e. The molecule has 1 saturated heterocycles. The summed E-state index contributed by atoms with van der Waals surface area (Å²) in [5.74, 6) is 0.198. The first-order valence-corrected chi connectivity index (χ1v) is 9.99. The van der Waals surface area contributed by atoms with E-state index in [0.29, 0.717) is 56.1 Å². The van der Waals surface area contributed by atoms with Crippen LogP contribution in [0.5, 0.6) is 0 Å². The molecule has 0 amide bonds. The van der Waals surface area contributed by atoms with Gasteiger partial charge in [-0.3, -0.25) is 0 Å². The third-order valence-electron chi connectivity index (χ3n) is 5.12. The molecule has 9 heteroatoms. The van der Waals surface area contributed by atoms with Gasteiger partial charge in [0.15, 0.2) is 11.6 Å². The van der Waals surface area contributed by atoms with Crippen molar-refractivity contribution in [2.24, 2.45) is 0 Å². The summed E-state index contributed by atoms with van der Waals surface area (Å²) in [5.41, 5.74) is 0.479. The van der Waals surface area contributed by atoms with Crippen molar-refractivity contribution in [1.29, 1.82) is 0 Å². The van der Waals surface area contributed by atoms with Gasteiger partial charge in [-0.2, -0.15) is 13.2 Å². The Bertz CT molecular complexity index is 828. The number of nitrogens with zero attached hydrogens (tertiary/aromatic N) is 3. The third-order valence-corrected chi connectivity index (χ3v) is 5.12. The van der Waals surface area contributed by atoms with Gasteiger partial charge in [-0.25, -0.2) is 9.97 Å². The molecule has 30 heavy (non-hydrogen) atoms. The first-order chi connectivity index (χ1) is 14.3. The minimum absolute atomic E-state index is 0.257. The lowest BCUT2D eigenvalue weighted by molar-refractivity contribution is -0.242. The van der Waals surface area contributed by atoms with Crippen LogP contribution in [0.25, 0.3) is 11.1 Å². The van der Waals surface area contributed by atoms with Gasteiger partial charge in [0.2, 0.25) is 0 Å². The molecule has 6 nitrogen and oxygen atoms in total. The Hall–Kier alpha value is -2.23. The van der Waals surface area contributed by atoms with Gasteiger partial charge in [0.05, 0.1) is 5.56 Å². The van der Waals surface area contributed by atoms with Crippen molar-refractivity contribution in [2.45, 2.75) is 45.3 Å². The molecule has 0 saturated carbocycles. The summed E-state index contributed by atoms with van der Waals surface area (Å²) in [4.78, 5) is 10.6. The summed E-state index contributed by atoms with van der Waals surface area (Å²) >= 11 is 0. The lowest BCUT2D eigenvalue weighted by atomic mass is 10.0. The number of hydrogen-bond donors (Lipinski definition) is 1. The number of halogens is 3. The van der Waals surface area contributed by atoms with E-state index in [-0.39, 0.29) is 12.4 Å². The highest BCUT2D eigenvalue weighted by Crippen LogP contribution is 2.36. The zero-order valence-electron chi connectivity index (χ0n) is 17.1. The van der Waals surface area contributed by atoms with Crippen molar-refractivity contribution >= 4 is 5.82 Å². The molecule has 3 rings (SSSR count). The Kier molecular flexibility index (Phi) is 6.95. The van der Waals surface area contributed by atoms with Crippen LogP contribution < -0.4 is 4.90 Å². The van der Waals surface area contributed by atoms with Gasteiger partial charge in [-0.1, -0.05) is 12.1 Å². The number of aromatic nitrogens is 2. The summed E-state index contributed by atoms with van der Waals surface area (Å²) in [6, 6.07) is 4.92. The zero-order chi connectivity index (χ0) is 21.8. The van der Waals surface area contributed by atoms with Crippen LogP contribution in [-0.4, -0.2) is 47.2 Å². The van der Waals surface area contributed by atoms with Gasteiger partial charge in [0.1, 0.15) is 12.4 Å². The molecule has 0 unspecified atom stereocenters. The van der Waals surface area contributed by atoms with Crippen molar-refractivity contribution in [2.75, 3.05) is 31.2 Å². The van der Waals surface area contributed by atoms with E-state index in [4.69, 9.17) is 9.47 Å². The number of aliphatic hydroxyl groups is 1. The van der Waals surface area contributed by atoms with Crippen LogP contribution >= 0.6 is 0 Å². The number of anilines is 1. The first-order valence-electron chi connectivity index (χ1n) is 9.99. The van der Waals surface area contributed by atoms with E-state index in [0.717, 1.165) is 12.1 Å². The molecule has 0 atom stereocenters. The number of rotatable bonds is 7. The van der Waals surface area contributed by atoms with Crippen molar-refractivity contribution in [3.63, 3.8) is 0 Å². The highest BCUT2D eigenvalue weighted by Gasteiger charge is 2.37. The number of hydrogen-bond acceptors (Lipinski definition) is 6. The maximum absolute atomic E-state index is 12.9. The fourth-order valence-corrected chi connectivity index (χ4v) is 3.68. The SMILES string of the molecule is CCOC1(OCC)CCN(c2nc(CO)ncc2-c2ccc(C(F)(F)F)cc2)CC1. The second-order valence-electron chi connectivity index (χ2n) is 7.02. The Morgan fingerprint density at radius 3 is 2.17 bits per heavy atom. The number of aliphatic hydroxyl groups excluding tert-OH is 1. The lowest BCUT2D eigenvalue weighted by Gasteiger charge is -2.41. The molecule has 0 bridgehead atoms. The second-order valence-corrected chi connectivity index (χ2v) is 7.02. The van der Waals surface area contributed by atoms with E-state index in [1.54, 1.807) is 6.20 Å². The zero-order valence-corrected chi connectivity index (χ0v) is 17.1. The van der Waals surface area contributed by atoms with Crippen LogP contribution in [0.1, 0.15) is 38.1 Å². The average molecular weight is 425 g/mol. The molecular weight excluding hydrogens is 399 g/mol. The number of ether oxygens (including phenoxy) is 2. The molecule has 0 radical (unpaired) electrons.